The van der Waals surface area contributed by atoms with Gasteiger partial charge in [-0.25, -0.2) is 4.79 Å². The first-order chi connectivity index (χ1) is 6.63. The van der Waals surface area contributed by atoms with E-state index >= 15 is 0 Å². The van der Waals surface area contributed by atoms with E-state index in [1.54, 1.807) is 0 Å². The van der Waals surface area contributed by atoms with E-state index in [0.29, 0.717) is 6.61 Å². The van der Waals surface area contributed by atoms with Gasteiger partial charge in [0.1, 0.15) is 0 Å². The van der Waals surface area contributed by atoms with Gasteiger partial charge >= 0.3 is 5.97 Å². The highest BCUT2D eigenvalue weighted by molar-refractivity contribution is 5.72. The highest BCUT2D eigenvalue weighted by Gasteiger charge is 2.23. The van der Waals surface area contributed by atoms with Crippen LogP contribution in [0.2, 0.25) is 0 Å². The van der Waals surface area contributed by atoms with Crippen LogP contribution in [0.15, 0.2) is 0 Å². The number of aliphatic carboxylic acids is 1. The third kappa shape index (κ3) is 5.22. The zero-order valence-corrected chi connectivity index (χ0v) is 9.45. The molecule has 14 heavy (non-hydrogen) atoms. The van der Waals surface area contributed by atoms with Crippen LogP contribution in [0.5, 0.6) is 0 Å². The van der Waals surface area contributed by atoms with Gasteiger partial charge in [0.2, 0.25) is 0 Å². The molecule has 3 nitrogen and oxygen atoms in total. The van der Waals surface area contributed by atoms with Crippen molar-refractivity contribution in [2.24, 2.45) is 5.92 Å². The van der Waals surface area contributed by atoms with Crippen LogP contribution in [0.25, 0.3) is 0 Å². The van der Waals surface area contributed by atoms with Crippen molar-refractivity contribution in [2.45, 2.75) is 52.6 Å². The lowest BCUT2D eigenvalue weighted by Crippen LogP contribution is -2.31. The minimum Gasteiger partial charge on any atom is -0.479 e. The molecule has 0 saturated carbocycles. The Bertz CT molecular complexity index is 157. The van der Waals surface area contributed by atoms with Crippen molar-refractivity contribution in [3.8, 4) is 0 Å². The molecule has 0 spiro atoms. The van der Waals surface area contributed by atoms with Crippen molar-refractivity contribution in [1.29, 1.82) is 0 Å². The fourth-order valence-corrected chi connectivity index (χ4v) is 1.26. The Labute approximate surface area is 86.5 Å². The standard InChI is InChI=1S/C11H22O3/c1-4-6-7-8-14-10(11(12)13)9(3)5-2/h9-10H,4-8H2,1-3H3,(H,12,13). The van der Waals surface area contributed by atoms with Crippen molar-refractivity contribution in [1.82, 2.24) is 0 Å². The second kappa shape index (κ2) is 7.80. The lowest BCUT2D eigenvalue weighted by atomic mass is 10.0. The Balaban J connectivity index is 3.80. The molecule has 0 fully saturated rings. The van der Waals surface area contributed by atoms with Crippen molar-refractivity contribution in [3.05, 3.63) is 0 Å². The second-order valence-electron chi connectivity index (χ2n) is 3.72. The van der Waals surface area contributed by atoms with Crippen LogP contribution in [0.3, 0.4) is 0 Å². The van der Waals surface area contributed by atoms with Gasteiger partial charge in [0.15, 0.2) is 6.10 Å². The van der Waals surface area contributed by atoms with Crippen LogP contribution in [0, 0.1) is 5.92 Å². The van der Waals surface area contributed by atoms with Crippen molar-refractivity contribution >= 4 is 5.97 Å². The molecular weight excluding hydrogens is 180 g/mol. The fourth-order valence-electron chi connectivity index (χ4n) is 1.26. The van der Waals surface area contributed by atoms with Gasteiger partial charge in [-0.05, 0) is 12.3 Å². The second-order valence-corrected chi connectivity index (χ2v) is 3.72. The Morgan fingerprint density at radius 1 is 1.36 bits per heavy atom. The number of hydrogen-bond donors (Lipinski definition) is 1. The smallest absolute Gasteiger partial charge is 0.333 e. The first kappa shape index (κ1) is 13.4. The molecule has 0 aliphatic carbocycles. The molecule has 0 aromatic carbocycles. The highest BCUT2D eigenvalue weighted by Crippen LogP contribution is 2.12. The van der Waals surface area contributed by atoms with Crippen LogP contribution in [-0.4, -0.2) is 23.8 Å². The predicted molar refractivity (Wildman–Crippen MR) is 56.4 cm³/mol. The Morgan fingerprint density at radius 2 is 2.00 bits per heavy atom. The number of ether oxygens (including phenoxy) is 1. The summed E-state index contributed by atoms with van der Waals surface area (Å²) in [4.78, 5) is 10.8. The van der Waals surface area contributed by atoms with Crippen LogP contribution >= 0.6 is 0 Å². The maximum atomic E-state index is 10.8. The normalized spacial score (nSPS) is 15.1. The summed E-state index contributed by atoms with van der Waals surface area (Å²) >= 11 is 0. The van der Waals surface area contributed by atoms with Gasteiger partial charge in [-0.2, -0.15) is 0 Å². The van der Waals surface area contributed by atoms with Gasteiger partial charge < -0.3 is 9.84 Å². The average Bonchev–Trinajstić information content (AvgIpc) is 2.16. The van der Waals surface area contributed by atoms with Crippen LogP contribution in [0.4, 0.5) is 0 Å². The molecule has 0 radical (unpaired) electrons. The lowest BCUT2D eigenvalue weighted by molar-refractivity contribution is -0.154. The molecule has 0 rings (SSSR count). The first-order valence-corrected chi connectivity index (χ1v) is 5.47. The van der Waals surface area contributed by atoms with E-state index in [1.807, 2.05) is 13.8 Å². The summed E-state index contributed by atoms with van der Waals surface area (Å²) < 4.78 is 5.36. The van der Waals surface area contributed by atoms with Gasteiger partial charge in [0.05, 0.1) is 0 Å². The summed E-state index contributed by atoms with van der Waals surface area (Å²) in [6.45, 7) is 6.58. The molecule has 0 amide bonds. The molecule has 0 saturated heterocycles. The third-order valence-electron chi connectivity index (χ3n) is 2.45. The van der Waals surface area contributed by atoms with Gasteiger partial charge in [-0.1, -0.05) is 40.0 Å². The zero-order valence-electron chi connectivity index (χ0n) is 9.45. The minimum atomic E-state index is -0.837. The molecule has 0 aromatic rings. The third-order valence-corrected chi connectivity index (χ3v) is 2.45. The molecule has 2 unspecified atom stereocenters. The minimum absolute atomic E-state index is 0.0918. The Morgan fingerprint density at radius 3 is 2.43 bits per heavy atom. The molecular formula is C11H22O3. The van der Waals surface area contributed by atoms with Gasteiger partial charge in [-0.3, -0.25) is 0 Å². The molecule has 1 N–H and O–H groups in total. The highest BCUT2D eigenvalue weighted by atomic mass is 16.5. The molecule has 0 bridgehead atoms. The summed E-state index contributed by atoms with van der Waals surface area (Å²) in [5, 5.41) is 8.91. The quantitative estimate of drug-likeness (QED) is 0.615. The van der Waals surface area contributed by atoms with E-state index in [9.17, 15) is 4.79 Å². The van der Waals surface area contributed by atoms with Crippen LogP contribution in [-0.2, 0) is 9.53 Å². The van der Waals surface area contributed by atoms with E-state index in [4.69, 9.17) is 9.84 Å². The Hall–Kier alpha value is -0.570. The maximum Gasteiger partial charge on any atom is 0.333 e. The molecule has 0 aliphatic rings. The topological polar surface area (TPSA) is 46.5 Å². The molecule has 0 heterocycles. The number of carbonyl (C=O) groups is 1. The Kier molecular flexibility index (Phi) is 7.48. The van der Waals surface area contributed by atoms with E-state index in [1.165, 1.54) is 0 Å². The van der Waals surface area contributed by atoms with Crippen LogP contribution in [0.1, 0.15) is 46.5 Å². The van der Waals surface area contributed by atoms with Crippen molar-refractivity contribution < 1.29 is 14.6 Å². The molecule has 0 aromatic heterocycles. The largest absolute Gasteiger partial charge is 0.479 e. The van der Waals surface area contributed by atoms with E-state index < -0.39 is 12.1 Å². The first-order valence-electron chi connectivity index (χ1n) is 5.47. The van der Waals surface area contributed by atoms with Crippen LogP contribution < -0.4 is 0 Å². The van der Waals surface area contributed by atoms with Crippen molar-refractivity contribution in [2.75, 3.05) is 6.61 Å². The molecule has 84 valence electrons. The summed E-state index contributed by atoms with van der Waals surface area (Å²) in [6, 6.07) is 0. The number of unbranched alkanes of at least 4 members (excludes halogenated alkanes) is 2. The van der Waals surface area contributed by atoms with Gasteiger partial charge in [-0.15, -0.1) is 0 Å². The summed E-state index contributed by atoms with van der Waals surface area (Å²) in [5.74, 6) is -0.745. The molecule has 2 atom stereocenters. The number of carboxylic acid groups (broad SMARTS) is 1. The lowest BCUT2D eigenvalue weighted by Gasteiger charge is -2.19. The molecule has 0 aliphatic heterocycles. The summed E-state index contributed by atoms with van der Waals surface area (Å²) in [6.07, 6.45) is 3.40. The molecule has 3 heteroatoms. The summed E-state index contributed by atoms with van der Waals surface area (Å²) in [5.41, 5.74) is 0. The SMILES string of the molecule is CCCCCOC(C(=O)O)C(C)CC. The average molecular weight is 202 g/mol. The van der Waals surface area contributed by atoms with Crippen molar-refractivity contribution in [3.63, 3.8) is 0 Å². The number of rotatable bonds is 8. The maximum absolute atomic E-state index is 10.8. The van der Waals surface area contributed by atoms with E-state index in [0.717, 1.165) is 25.7 Å². The summed E-state index contributed by atoms with van der Waals surface area (Å²) in [7, 11) is 0. The number of hydrogen-bond acceptors (Lipinski definition) is 2. The predicted octanol–water partition coefficient (Wildman–Crippen LogP) is 2.69. The van der Waals surface area contributed by atoms with E-state index in [2.05, 4.69) is 6.92 Å². The monoisotopic (exact) mass is 202 g/mol. The van der Waals surface area contributed by atoms with Gasteiger partial charge in [0, 0.05) is 6.61 Å². The number of carboxylic acids is 1. The van der Waals surface area contributed by atoms with E-state index in [-0.39, 0.29) is 5.92 Å². The van der Waals surface area contributed by atoms with Gasteiger partial charge in [0.25, 0.3) is 0 Å². The zero-order chi connectivity index (χ0) is 11.0. The fraction of sp³-hybridized carbons (Fsp3) is 0.909.